The van der Waals surface area contributed by atoms with Crippen LogP contribution in [-0.2, 0) is 4.79 Å². The first-order valence-electron chi connectivity index (χ1n) is 4.98. The quantitative estimate of drug-likeness (QED) is 0.632. The highest BCUT2D eigenvalue weighted by Crippen LogP contribution is 2.12. The second-order valence-electron chi connectivity index (χ2n) is 3.65. The molecule has 0 saturated heterocycles. The minimum Gasteiger partial charge on any atom is -0.393 e. The number of hydrogen-bond acceptors (Lipinski definition) is 3. The summed E-state index contributed by atoms with van der Waals surface area (Å²) < 4.78 is 35.3. The Morgan fingerprint density at radius 3 is 2.38 bits per heavy atom. The fourth-order valence-electron chi connectivity index (χ4n) is 0.942. The number of halogens is 3. The molecule has 0 aromatic heterocycles. The first-order valence-corrected chi connectivity index (χ1v) is 4.98. The standard InChI is InChI=1S/C9H17F3N2O2/c1-6(15)3-4-13-7(2)8(16)14-5-9(10,11)12/h6-7,13,15H,3-5H2,1-2H3,(H,14,16). The lowest BCUT2D eigenvalue weighted by Crippen LogP contribution is -2.45. The Hall–Kier alpha value is -0.820. The van der Waals surface area contributed by atoms with Crippen LogP contribution in [0.3, 0.4) is 0 Å². The van der Waals surface area contributed by atoms with Gasteiger partial charge in [-0.1, -0.05) is 0 Å². The van der Waals surface area contributed by atoms with E-state index in [1.165, 1.54) is 6.92 Å². The lowest BCUT2D eigenvalue weighted by molar-refractivity contribution is -0.139. The second-order valence-corrected chi connectivity index (χ2v) is 3.65. The summed E-state index contributed by atoms with van der Waals surface area (Å²) in [6, 6.07) is -0.707. The highest BCUT2D eigenvalue weighted by molar-refractivity contribution is 5.81. The van der Waals surface area contributed by atoms with Crippen LogP contribution in [0, 0.1) is 0 Å². The average Bonchev–Trinajstić information content (AvgIpc) is 2.12. The molecule has 4 nitrogen and oxygen atoms in total. The third-order valence-corrected chi connectivity index (χ3v) is 1.87. The van der Waals surface area contributed by atoms with Crippen molar-refractivity contribution < 1.29 is 23.1 Å². The van der Waals surface area contributed by atoms with Gasteiger partial charge in [-0.3, -0.25) is 4.79 Å². The number of hydrogen-bond donors (Lipinski definition) is 3. The first-order chi connectivity index (χ1) is 7.22. The minimum absolute atomic E-state index is 0.373. The minimum atomic E-state index is -4.39. The van der Waals surface area contributed by atoms with Crippen molar-refractivity contribution in [2.45, 2.75) is 38.6 Å². The van der Waals surface area contributed by atoms with Crippen molar-refractivity contribution in [3.8, 4) is 0 Å². The molecule has 0 saturated carbocycles. The van der Waals surface area contributed by atoms with Gasteiger partial charge in [0.2, 0.25) is 5.91 Å². The Balaban J connectivity index is 3.74. The third-order valence-electron chi connectivity index (χ3n) is 1.87. The van der Waals surface area contributed by atoms with Crippen LogP contribution in [0.1, 0.15) is 20.3 Å². The molecule has 0 rings (SSSR count). The van der Waals surface area contributed by atoms with Crippen molar-refractivity contribution in [3.63, 3.8) is 0 Å². The van der Waals surface area contributed by atoms with E-state index in [4.69, 9.17) is 5.11 Å². The van der Waals surface area contributed by atoms with Crippen LogP contribution in [0.15, 0.2) is 0 Å². The van der Waals surface area contributed by atoms with E-state index in [1.807, 2.05) is 0 Å². The molecule has 0 heterocycles. The normalized spacial score (nSPS) is 15.6. The molecule has 0 bridgehead atoms. The van der Waals surface area contributed by atoms with E-state index in [1.54, 1.807) is 12.2 Å². The molecule has 0 aromatic carbocycles. The largest absolute Gasteiger partial charge is 0.405 e. The summed E-state index contributed by atoms with van der Waals surface area (Å²) in [5.74, 6) is -0.706. The lowest BCUT2D eigenvalue weighted by Gasteiger charge is -2.15. The fourth-order valence-corrected chi connectivity index (χ4v) is 0.942. The number of nitrogens with one attached hydrogen (secondary N) is 2. The zero-order chi connectivity index (χ0) is 12.8. The van der Waals surface area contributed by atoms with Gasteiger partial charge in [0.25, 0.3) is 0 Å². The highest BCUT2D eigenvalue weighted by atomic mass is 19.4. The number of carbonyl (C=O) groups excluding carboxylic acids is 1. The molecule has 0 aliphatic carbocycles. The summed E-state index contributed by atoms with van der Waals surface area (Å²) in [7, 11) is 0. The van der Waals surface area contributed by atoms with Crippen molar-refractivity contribution in [1.82, 2.24) is 10.6 Å². The smallest absolute Gasteiger partial charge is 0.393 e. The topological polar surface area (TPSA) is 61.4 Å². The fraction of sp³-hybridized carbons (Fsp3) is 0.889. The predicted octanol–water partition coefficient (Wildman–Crippen LogP) is 0.414. The maximum Gasteiger partial charge on any atom is 0.405 e. The third kappa shape index (κ3) is 8.49. The molecule has 3 N–H and O–H groups in total. The van der Waals surface area contributed by atoms with Crippen molar-refractivity contribution in [2.24, 2.45) is 0 Å². The Kier molecular flexibility index (Phi) is 6.35. The average molecular weight is 242 g/mol. The van der Waals surface area contributed by atoms with E-state index in [0.717, 1.165) is 0 Å². The van der Waals surface area contributed by atoms with E-state index in [-0.39, 0.29) is 0 Å². The van der Waals surface area contributed by atoms with Crippen LogP contribution in [0.25, 0.3) is 0 Å². The SMILES string of the molecule is CC(O)CCNC(C)C(=O)NCC(F)(F)F. The van der Waals surface area contributed by atoms with Gasteiger partial charge in [-0.05, 0) is 26.8 Å². The summed E-state index contributed by atoms with van der Waals surface area (Å²) in [6.07, 6.45) is -4.45. The van der Waals surface area contributed by atoms with E-state index < -0.39 is 30.8 Å². The van der Waals surface area contributed by atoms with Crippen LogP contribution in [-0.4, -0.2) is 42.4 Å². The van der Waals surface area contributed by atoms with Crippen molar-refractivity contribution in [1.29, 1.82) is 0 Å². The lowest BCUT2D eigenvalue weighted by atomic mass is 10.2. The number of aliphatic hydroxyl groups is 1. The molecule has 0 spiro atoms. The zero-order valence-electron chi connectivity index (χ0n) is 9.27. The molecule has 0 aromatic rings. The molecule has 96 valence electrons. The van der Waals surface area contributed by atoms with E-state index in [0.29, 0.717) is 13.0 Å². The Morgan fingerprint density at radius 2 is 1.94 bits per heavy atom. The van der Waals surface area contributed by atoms with Gasteiger partial charge in [0.05, 0.1) is 12.1 Å². The van der Waals surface area contributed by atoms with Gasteiger partial charge in [0, 0.05) is 0 Å². The molecule has 7 heteroatoms. The second kappa shape index (κ2) is 6.70. The summed E-state index contributed by atoms with van der Waals surface area (Å²) in [5, 5.41) is 13.4. The Labute approximate surface area is 92.2 Å². The molecule has 2 unspecified atom stereocenters. The maximum absolute atomic E-state index is 11.8. The zero-order valence-corrected chi connectivity index (χ0v) is 9.27. The highest BCUT2D eigenvalue weighted by Gasteiger charge is 2.28. The number of amides is 1. The summed E-state index contributed by atoms with van der Waals surface area (Å²) in [4.78, 5) is 11.1. The number of alkyl halides is 3. The number of rotatable bonds is 6. The van der Waals surface area contributed by atoms with Gasteiger partial charge in [-0.25, -0.2) is 0 Å². The molecule has 2 atom stereocenters. The van der Waals surface area contributed by atoms with Crippen LogP contribution in [0.2, 0.25) is 0 Å². The molecule has 0 aliphatic rings. The molecule has 0 fully saturated rings. The number of aliphatic hydroxyl groups excluding tert-OH is 1. The van der Waals surface area contributed by atoms with Crippen LogP contribution >= 0.6 is 0 Å². The molecule has 0 radical (unpaired) electrons. The van der Waals surface area contributed by atoms with E-state index >= 15 is 0 Å². The summed E-state index contributed by atoms with van der Waals surface area (Å²) in [6.45, 7) is 2.11. The first kappa shape index (κ1) is 15.2. The van der Waals surface area contributed by atoms with Crippen molar-refractivity contribution in [2.75, 3.05) is 13.1 Å². The van der Waals surface area contributed by atoms with Gasteiger partial charge in [0.15, 0.2) is 0 Å². The maximum atomic E-state index is 11.8. The van der Waals surface area contributed by atoms with Gasteiger partial charge < -0.3 is 15.7 Å². The Bertz CT molecular complexity index is 219. The van der Waals surface area contributed by atoms with E-state index in [9.17, 15) is 18.0 Å². The van der Waals surface area contributed by atoms with Gasteiger partial charge in [-0.15, -0.1) is 0 Å². The molecule has 16 heavy (non-hydrogen) atoms. The van der Waals surface area contributed by atoms with Crippen LogP contribution < -0.4 is 10.6 Å². The monoisotopic (exact) mass is 242 g/mol. The van der Waals surface area contributed by atoms with Crippen molar-refractivity contribution in [3.05, 3.63) is 0 Å². The van der Waals surface area contributed by atoms with Gasteiger partial charge in [0.1, 0.15) is 6.54 Å². The predicted molar refractivity (Wildman–Crippen MR) is 52.8 cm³/mol. The Morgan fingerprint density at radius 1 is 1.38 bits per heavy atom. The van der Waals surface area contributed by atoms with Crippen LogP contribution in [0.4, 0.5) is 13.2 Å². The molecular formula is C9H17F3N2O2. The van der Waals surface area contributed by atoms with Crippen LogP contribution in [0.5, 0.6) is 0 Å². The van der Waals surface area contributed by atoms with Gasteiger partial charge in [-0.2, -0.15) is 13.2 Å². The van der Waals surface area contributed by atoms with E-state index in [2.05, 4.69) is 5.32 Å². The van der Waals surface area contributed by atoms with Gasteiger partial charge >= 0.3 is 6.18 Å². The molecule has 1 amide bonds. The molecule has 0 aliphatic heterocycles. The number of carbonyl (C=O) groups is 1. The van der Waals surface area contributed by atoms with Crippen molar-refractivity contribution >= 4 is 5.91 Å². The molecular weight excluding hydrogens is 225 g/mol. The summed E-state index contributed by atoms with van der Waals surface area (Å²) in [5.41, 5.74) is 0. The summed E-state index contributed by atoms with van der Waals surface area (Å²) >= 11 is 0.